The molecule has 3 rings (SSSR count). The molecule has 0 unspecified atom stereocenters. The fourth-order valence-electron chi connectivity index (χ4n) is 2.01. The summed E-state index contributed by atoms with van der Waals surface area (Å²) in [7, 11) is 0. The lowest BCUT2D eigenvalue weighted by atomic mass is 10.0. The highest BCUT2D eigenvalue weighted by Gasteiger charge is 2.13. The van der Waals surface area contributed by atoms with E-state index in [0.29, 0.717) is 16.1 Å². The molecule has 0 aliphatic carbocycles. The lowest BCUT2D eigenvalue weighted by Crippen LogP contribution is -1.83. The van der Waals surface area contributed by atoms with Crippen LogP contribution in [0.5, 0.6) is 0 Å². The van der Waals surface area contributed by atoms with Crippen molar-refractivity contribution in [2.24, 2.45) is 0 Å². The fourth-order valence-corrected chi connectivity index (χ4v) is 2.57. The molecule has 0 spiro atoms. The average Bonchev–Trinajstić information content (AvgIpc) is 2.75. The summed E-state index contributed by atoms with van der Waals surface area (Å²) in [5.74, 6) is 0. The Hall–Kier alpha value is -1.52. The lowest BCUT2D eigenvalue weighted by Gasteiger charge is -2.06. The number of anilines is 1. The average molecular weight is 338 g/mol. The molecule has 0 saturated carbocycles. The first-order chi connectivity index (χ1) is 9.06. The topological polar surface area (TPSA) is 52.0 Å². The molecule has 2 aromatic carbocycles. The number of nitrogens with zero attached hydrogens (tertiary/aromatic N) is 1. The second-order valence-electron chi connectivity index (χ2n) is 4.29. The zero-order chi connectivity index (χ0) is 13.6. The minimum atomic E-state index is 0.126. The van der Waals surface area contributed by atoms with E-state index in [9.17, 15) is 0 Å². The number of aromatic nitrogens is 1. The van der Waals surface area contributed by atoms with Gasteiger partial charge in [-0.3, -0.25) is 0 Å². The highest BCUT2D eigenvalue weighted by Crippen LogP contribution is 2.36. The number of nitrogens with two attached hydrogens (primary N) is 1. The van der Waals surface area contributed by atoms with Gasteiger partial charge < -0.3 is 10.2 Å². The molecule has 0 aliphatic heterocycles. The van der Waals surface area contributed by atoms with Gasteiger partial charge in [-0.25, -0.2) is 0 Å². The molecular weight excluding hydrogens is 328 g/mol. The van der Waals surface area contributed by atoms with Crippen molar-refractivity contribution in [2.45, 2.75) is 6.92 Å². The van der Waals surface area contributed by atoms with Gasteiger partial charge in [-0.05, 0) is 30.2 Å². The predicted molar refractivity (Wildman–Crippen MR) is 81.3 cm³/mol. The summed E-state index contributed by atoms with van der Waals surface area (Å²) < 4.78 is 6.41. The summed E-state index contributed by atoms with van der Waals surface area (Å²) in [4.78, 5) is 4.06. The number of halogens is 2. The normalized spacial score (nSPS) is 11.1. The predicted octanol–water partition coefficient (Wildman–Crippen LogP) is 4.80. The Morgan fingerprint density at radius 1 is 1.26 bits per heavy atom. The van der Waals surface area contributed by atoms with Gasteiger partial charge in [0.25, 0.3) is 6.01 Å². The van der Waals surface area contributed by atoms with E-state index in [1.807, 2.05) is 31.2 Å². The van der Waals surface area contributed by atoms with Crippen molar-refractivity contribution in [3.63, 3.8) is 0 Å². The van der Waals surface area contributed by atoms with Crippen LogP contribution in [0.15, 0.2) is 39.2 Å². The highest BCUT2D eigenvalue weighted by atomic mass is 79.9. The lowest BCUT2D eigenvalue weighted by molar-refractivity contribution is 0.626. The molecule has 3 nitrogen and oxygen atoms in total. The summed E-state index contributed by atoms with van der Waals surface area (Å²) >= 11 is 9.87. The Bertz CT molecular complexity index is 782. The number of fused-ring (bicyclic) bond motifs is 1. The molecule has 2 N–H and O–H groups in total. The molecule has 5 heteroatoms. The van der Waals surface area contributed by atoms with Gasteiger partial charge in [-0.1, -0.05) is 45.7 Å². The molecular formula is C14H10BrClN2O. The maximum Gasteiger partial charge on any atom is 0.293 e. The van der Waals surface area contributed by atoms with Crippen LogP contribution in [0.3, 0.4) is 0 Å². The Balaban J connectivity index is 2.24. The fraction of sp³-hybridized carbons (Fsp3) is 0.0714. The van der Waals surface area contributed by atoms with E-state index < -0.39 is 0 Å². The van der Waals surface area contributed by atoms with Gasteiger partial charge >= 0.3 is 0 Å². The molecule has 1 aromatic heterocycles. The molecule has 19 heavy (non-hydrogen) atoms. The Morgan fingerprint density at radius 3 is 2.79 bits per heavy atom. The molecule has 0 amide bonds. The van der Waals surface area contributed by atoms with Crippen LogP contribution in [-0.4, -0.2) is 4.98 Å². The zero-order valence-corrected chi connectivity index (χ0v) is 12.4. The Kier molecular flexibility index (Phi) is 2.99. The van der Waals surface area contributed by atoms with Gasteiger partial charge in [0.15, 0.2) is 5.58 Å². The third-order valence-electron chi connectivity index (χ3n) is 2.98. The number of rotatable bonds is 1. The monoisotopic (exact) mass is 336 g/mol. The summed E-state index contributed by atoms with van der Waals surface area (Å²) in [5.41, 5.74) is 9.82. The van der Waals surface area contributed by atoms with Crippen LogP contribution in [0.25, 0.3) is 22.2 Å². The maximum absolute atomic E-state index is 6.38. The highest BCUT2D eigenvalue weighted by molar-refractivity contribution is 9.10. The van der Waals surface area contributed by atoms with Gasteiger partial charge in [0.05, 0.1) is 5.02 Å². The van der Waals surface area contributed by atoms with E-state index in [2.05, 4.69) is 27.0 Å². The Labute approximate surface area is 123 Å². The van der Waals surface area contributed by atoms with Crippen molar-refractivity contribution in [1.29, 1.82) is 0 Å². The third kappa shape index (κ3) is 2.11. The molecule has 0 saturated heterocycles. The van der Waals surface area contributed by atoms with E-state index in [1.54, 1.807) is 0 Å². The minimum Gasteiger partial charge on any atom is -0.422 e. The number of aryl methyl sites for hydroxylation is 1. The van der Waals surface area contributed by atoms with Gasteiger partial charge in [0.1, 0.15) is 5.52 Å². The van der Waals surface area contributed by atoms with Crippen LogP contribution in [-0.2, 0) is 0 Å². The first-order valence-electron chi connectivity index (χ1n) is 5.67. The van der Waals surface area contributed by atoms with E-state index in [-0.39, 0.29) is 6.01 Å². The molecule has 0 atom stereocenters. The van der Waals surface area contributed by atoms with Crippen molar-refractivity contribution in [2.75, 3.05) is 5.73 Å². The largest absolute Gasteiger partial charge is 0.422 e. The quantitative estimate of drug-likeness (QED) is 0.694. The van der Waals surface area contributed by atoms with Crippen LogP contribution in [0.4, 0.5) is 6.01 Å². The van der Waals surface area contributed by atoms with Crippen molar-refractivity contribution >= 4 is 44.6 Å². The third-order valence-corrected chi connectivity index (χ3v) is 4.25. The van der Waals surface area contributed by atoms with E-state index in [0.717, 1.165) is 21.2 Å². The SMILES string of the molecule is Cc1cc(-c2ccc3nc(N)oc3c2Cl)ccc1Br. The molecule has 0 radical (unpaired) electrons. The molecule has 0 aliphatic rings. The Morgan fingerprint density at radius 2 is 2.05 bits per heavy atom. The van der Waals surface area contributed by atoms with Gasteiger partial charge in [-0.15, -0.1) is 0 Å². The summed E-state index contributed by atoms with van der Waals surface area (Å²) in [6, 6.07) is 9.98. The van der Waals surface area contributed by atoms with Crippen LogP contribution >= 0.6 is 27.5 Å². The van der Waals surface area contributed by atoms with E-state index >= 15 is 0 Å². The maximum atomic E-state index is 6.38. The molecule has 96 valence electrons. The number of benzene rings is 2. The van der Waals surface area contributed by atoms with E-state index in [1.165, 1.54) is 0 Å². The first kappa shape index (κ1) is 12.5. The first-order valence-corrected chi connectivity index (χ1v) is 6.84. The van der Waals surface area contributed by atoms with Gasteiger partial charge in [0, 0.05) is 10.0 Å². The number of nitrogen functional groups attached to an aromatic ring is 1. The number of oxazole rings is 1. The second kappa shape index (κ2) is 4.54. The van der Waals surface area contributed by atoms with Crippen LogP contribution in [0.2, 0.25) is 5.02 Å². The minimum absolute atomic E-state index is 0.126. The molecule has 0 fully saturated rings. The summed E-state index contributed by atoms with van der Waals surface area (Å²) in [6.45, 7) is 2.03. The molecule has 3 aromatic rings. The summed E-state index contributed by atoms with van der Waals surface area (Å²) in [6.07, 6.45) is 0. The number of hydrogen-bond donors (Lipinski definition) is 1. The van der Waals surface area contributed by atoms with Crippen molar-refractivity contribution in [3.8, 4) is 11.1 Å². The standard InChI is InChI=1S/C14H10BrClN2O/c1-7-6-8(2-4-10(7)15)9-3-5-11-13(12(9)16)19-14(17)18-11/h2-6H,1H3,(H2,17,18). The molecule has 0 bridgehead atoms. The van der Waals surface area contributed by atoms with Crippen molar-refractivity contribution < 1.29 is 4.42 Å². The van der Waals surface area contributed by atoms with E-state index in [4.69, 9.17) is 21.8 Å². The smallest absolute Gasteiger partial charge is 0.293 e. The van der Waals surface area contributed by atoms with Gasteiger partial charge in [-0.2, -0.15) is 4.98 Å². The number of hydrogen-bond acceptors (Lipinski definition) is 3. The van der Waals surface area contributed by atoms with Crippen molar-refractivity contribution in [3.05, 3.63) is 45.4 Å². The second-order valence-corrected chi connectivity index (χ2v) is 5.52. The molecule has 1 heterocycles. The van der Waals surface area contributed by atoms with Gasteiger partial charge in [0.2, 0.25) is 0 Å². The zero-order valence-electron chi connectivity index (χ0n) is 10.1. The summed E-state index contributed by atoms with van der Waals surface area (Å²) in [5, 5.41) is 0.531. The van der Waals surface area contributed by atoms with Crippen LogP contribution < -0.4 is 5.73 Å². The van der Waals surface area contributed by atoms with Crippen LogP contribution in [0, 0.1) is 6.92 Å². The van der Waals surface area contributed by atoms with Crippen LogP contribution in [0.1, 0.15) is 5.56 Å². The van der Waals surface area contributed by atoms with Crippen molar-refractivity contribution in [1.82, 2.24) is 4.98 Å².